The summed E-state index contributed by atoms with van der Waals surface area (Å²) in [7, 11) is 0. The van der Waals surface area contributed by atoms with Crippen LogP contribution in [-0.2, 0) is 11.2 Å². The van der Waals surface area contributed by atoms with E-state index >= 15 is 0 Å². The van der Waals surface area contributed by atoms with Crippen molar-refractivity contribution in [2.24, 2.45) is 0 Å². The Morgan fingerprint density at radius 3 is 2.20 bits per heavy atom. The van der Waals surface area contributed by atoms with Crippen LogP contribution in [0.4, 0.5) is 0 Å². The first-order chi connectivity index (χ1) is 4.42. The van der Waals surface area contributed by atoms with Crippen LogP contribution in [0.15, 0.2) is 0 Å². The van der Waals surface area contributed by atoms with Crippen molar-refractivity contribution >= 4 is 11.2 Å². The monoisotopic (exact) mass is 163 g/mol. The van der Waals surface area contributed by atoms with Crippen molar-refractivity contribution < 1.29 is 4.55 Å². The van der Waals surface area contributed by atoms with E-state index in [0.717, 1.165) is 12.3 Å². The highest BCUT2D eigenvalue weighted by Gasteiger charge is 2.08. The number of rotatable bonds is 3. The van der Waals surface area contributed by atoms with Crippen molar-refractivity contribution in [2.45, 2.75) is 26.3 Å². The highest BCUT2D eigenvalue weighted by Crippen LogP contribution is 1.97. The third-order valence-electron chi connectivity index (χ3n) is 1.04. The molecule has 0 amide bonds. The van der Waals surface area contributed by atoms with E-state index in [-0.39, 0.29) is 5.54 Å². The van der Waals surface area contributed by atoms with Gasteiger partial charge < -0.3 is 9.87 Å². The van der Waals surface area contributed by atoms with E-state index in [1.807, 2.05) is 0 Å². The predicted octanol–water partition coefficient (Wildman–Crippen LogP) is 0.753. The maximum Gasteiger partial charge on any atom is 0.117 e. The van der Waals surface area contributed by atoms with E-state index in [1.54, 1.807) is 6.26 Å². The van der Waals surface area contributed by atoms with Crippen LogP contribution in [0, 0.1) is 0 Å². The van der Waals surface area contributed by atoms with Gasteiger partial charge in [0.1, 0.15) is 5.75 Å². The third kappa shape index (κ3) is 8.27. The van der Waals surface area contributed by atoms with Crippen LogP contribution in [0.25, 0.3) is 0 Å². The molecule has 1 N–H and O–H groups in total. The SMILES string of the molecule is C[S+]([O-])CCNC(C)(C)C. The van der Waals surface area contributed by atoms with Crippen LogP contribution >= 0.6 is 0 Å². The average Bonchev–Trinajstić information content (AvgIpc) is 1.59. The molecule has 0 spiro atoms. The van der Waals surface area contributed by atoms with Crippen molar-refractivity contribution in [1.29, 1.82) is 0 Å². The minimum atomic E-state index is -0.663. The van der Waals surface area contributed by atoms with Crippen LogP contribution in [0.2, 0.25) is 0 Å². The topological polar surface area (TPSA) is 35.1 Å². The van der Waals surface area contributed by atoms with Crippen LogP contribution in [0.5, 0.6) is 0 Å². The molecule has 0 radical (unpaired) electrons. The van der Waals surface area contributed by atoms with Crippen molar-refractivity contribution in [2.75, 3.05) is 18.6 Å². The zero-order valence-corrected chi connectivity index (χ0v) is 8.05. The van der Waals surface area contributed by atoms with Gasteiger partial charge in [-0.25, -0.2) is 0 Å². The fourth-order valence-electron chi connectivity index (χ4n) is 0.570. The molecule has 0 fully saturated rings. The van der Waals surface area contributed by atoms with Gasteiger partial charge >= 0.3 is 0 Å². The van der Waals surface area contributed by atoms with Gasteiger partial charge in [0.15, 0.2) is 0 Å². The summed E-state index contributed by atoms with van der Waals surface area (Å²) < 4.78 is 10.6. The Morgan fingerprint density at radius 2 is 1.90 bits per heavy atom. The lowest BCUT2D eigenvalue weighted by Crippen LogP contribution is -2.38. The molecule has 1 atom stereocenters. The summed E-state index contributed by atoms with van der Waals surface area (Å²) in [6, 6.07) is 0. The Kier molecular flexibility index (Phi) is 4.32. The largest absolute Gasteiger partial charge is 0.617 e. The smallest absolute Gasteiger partial charge is 0.117 e. The summed E-state index contributed by atoms with van der Waals surface area (Å²) in [4.78, 5) is 0. The van der Waals surface area contributed by atoms with E-state index in [9.17, 15) is 4.55 Å². The van der Waals surface area contributed by atoms with Gasteiger partial charge in [0.2, 0.25) is 0 Å². The standard InChI is InChI=1S/C7H17NOS/c1-7(2,3)8-5-6-10(4)9/h8H,5-6H2,1-4H3. The van der Waals surface area contributed by atoms with Crippen molar-refractivity contribution in [3.8, 4) is 0 Å². The molecule has 0 aromatic heterocycles. The summed E-state index contributed by atoms with van der Waals surface area (Å²) in [6.45, 7) is 7.15. The molecule has 0 aromatic carbocycles. The average molecular weight is 163 g/mol. The molecule has 62 valence electrons. The third-order valence-corrected chi connectivity index (χ3v) is 1.82. The fraction of sp³-hybridized carbons (Fsp3) is 1.00. The normalized spacial score (nSPS) is 15.3. The molecular weight excluding hydrogens is 146 g/mol. The van der Waals surface area contributed by atoms with Gasteiger partial charge in [-0.3, -0.25) is 0 Å². The first-order valence-electron chi connectivity index (χ1n) is 3.47. The Labute approximate surface area is 66.6 Å². The Morgan fingerprint density at radius 1 is 1.40 bits per heavy atom. The Bertz CT molecular complexity index is 88.1. The summed E-state index contributed by atoms with van der Waals surface area (Å²) in [5.74, 6) is 0.747. The lowest BCUT2D eigenvalue weighted by Gasteiger charge is -2.20. The molecule has 0 saturated carbocycles. The number of hydrogen-bond donors (Lipinski definition) is 1. The molecule has 0 aromatic rings. The summed E-state index contributed by atoms with van der Waals surface area (Å²) in [5, 5.41) is 3.26. The molecule has 0 aliphatic heterocycles. The van der Waals surface area contributed by atoms with E-state index in [1.165, 1.54) is 0 Å². The van der Waals surface area contributed by atoms with Gasteiger partial charge in [0.05, 0.1) is 6.26 Å². The molecule has 1 unspecified atom stereocenters. The maximum absolute atomic E-state index is 10.6. The van der Waals surface area contributed by atoms with Crippen molar-refractivity contribution in [3.63, 3.8) is 0 Å². The van der Waals surface area contributed by atoms with E-state index in [2.05, 4.69) is 26.1 Å². The highest BCUT2D eigenvalue weighted by atomic mass is 32.2. The summed E-state index contributed by atoms with van der Waals surface area (Å²) in [6.07, 6.45) is 1.73. The molecule has 2 nitrogen and oxygen atoms in total. The lowest BCUT2D eigenvalue weighted by molar-refractivity contribution is 0.439. The molecule has 10 heavy (non-hydrogen) atoms. The van der Waals surface area contributed by atoms with Gasteiger partial charge in [0.25, 0.3) is 0 Å². The van der Waals surface area contributed by atoms with Gasteiger partial charge in [-0.15, -0.1) is 0 Å². The second-order valence-electron chi connectivity index (χ2n) is 3.45. The zero-order chi connectivity index (χ0) is 8.20. The second-order valence-corrected chi connectivity index (χ2v) is 5.01. The quantitative estimate of drug-likeness (QED) is 0.623. The molecule has 0 aliphatic carbocycles. The van der Waals surface area contributed by atoms with Gasteiger partial charge in [-0.1, -0.05) is 11.2 Å². The molecule has 0 saturated heterocycles. The van der Waals surface area contributed by atoms with Gasteiger partial charge in [-0.05, 0) is 20.8 Å². The van der Waals surface area contributed by atoms with E-state index in [4.69, 9.17) is 0 Å². The van der Waals surface area contributed by atoms with Crippen molar-refractivity contribution in [1.82, 2.24) is 5.32 Å². The van der Waals surface area contributed by atoms with Crippen molar-refractivity contribution in [3.05, 3.63) is 0 Å². The van der Waals surface area contributed by atoms with Gasteiger partial charge in [0, 0.05) is 12.1 Å². The molecule has 0 bridgehead atoms. The van der Waals surface area contributed by atoms with Crippen LogP contribution < -0.4 is 5.32 Å². The molecule has 0 heterocycles. The summed E-state index contributed by atoms with van der Waals surface area (Å²) in [5.41, 5.74) is 0.152. The second kappa shape index (κ2) is 4.21. The highest BCUT2D eigenvalue weighted by molar-refractivity contribution is 7.90. The molecule has 3 heteroatoms. The molecular formula is C7H17NOS. The minimum Gasteiger partial charge on any atom is -0.617 e. The Hall–Kier alpha value is 0.270. The van der Waals surface area contributed by atoms with Gasteiger partial charge in [-0.2, -0.15) is 0 Å². The van der Waals surface area contributed by atoms with E-state index in [0.29, 0.717) is 0 Å². The van der Waals surface area contributed by atoms with Crippen LogP contribution in [0.3, 0.4) is 0 Å². The Balaban J connectivity index is 3.21. The first kappa shape index (κ1) is 10.3. The number of hydrogen-bond acceptors (Lipinski definition) is 2. The summed E-state index contributed by atoms with van der Waals surface area (Å²) >= 11 is -0.663. The molecule has 0 aliphatic rings. The maximum atomic E-state index is 10.6. The predicted molar refractivity (Wildman–Crippen MR) is 46.7 cm³/mol. The fourth-order valence-corrected chi connectivity index (χ4v) is 0.959. The molecule has 0 rings (SSSR count). The zero-order valence-electron chi connectivity index (χ0n) is 7.23. The first-order valence-corrected chi connectivity index (χ1v) is 5.19. The number of nitrogens with one attached hydrogen (secondary N) is 1. The lowest BCUT2D eigenvalue weighted by atomic mass is 10.1. The van der Waals surface area contributed by atoms with Crippen LogP contribution in [0.1, 0.15) is 20.8 Å². The minimum absolute atomic E-state index is 0.152. The van der Waals surface area contributed by atoms with E-state index < -0.39 is 11.2 Å². The van der Waals surface area contributed by atoms with Crippen LogP contribution in [-0.4, -0.2) is 28.6 Å².